The van der Waals surface area contributed by atoms with Crippen molar-refractivity contribution in [3.05, 3.63) is 54.2 Å². The van der Waals surface area contributed by atoms with Crippen molar-refractivity contribution in [3.63, 3.8) is 0 Å². The quantitative estimate of drug-likeness (QED) is 0.880. The van der Waals surface area contributed by atoms with Gasteiger partial charge >= 0.3 is 0 Å². The summed E-state index contributed by atoms with van der Waals surface area (Å²) in [6.45, 7) is 1.36. The summed E-state index contributed by atoms with van der Waals surface area (Å²) in [4.78, 5) is 24.2. The van der Waals surface area contributed by atoms with Crippen LogP contribution in [0.5, 0.6) is 0 Å². The Bertz CT molecular complexity index is 758. The molecule has 1 aliphatic heterocycles. The zero-order valence-corrected chi connectivity index (χ0v) is 14.8. The van der Waals surface area contributed by atoms with Gasteiger partial charge in [0.25, 0.3) is 0 Å². The standard InChI is InChI=1S/C19H23FN4O2/c1-23(18(25)11-15-5-2-3-6-16(15)20)13-19(26)7-4-10-24(14-19)17-12-21-8-9-22-17/h2-3,5-6,8-9,12,26H,4,7,10-11,13-14H2,1H3. The van der Waals surface area contributed by atoms with Crippen molar-refractivity contribution in [3.8, 4) is 0 Å². The molecule has 2 aromatic rings. The summed E-state index contributed by atoms with van der Waals surface area (Å²) in [7, 11) is 1.64. The lowest BCUT2D eigenvalue weighted by molar-refractivity contribution is -0.132. The molecule has 138 valence electrons. The van der Waals surface area contributed by atoms with Crippen molar-refractivity contribution in [2.75, 3.05) is 31.6 Å². The Morgan fingerprint density at radius 3 is 2.92 bits per heavy atom. The van der Waals surface area contributed by atoms with Crippen LogP contribution in [0.3, 0.4) is 0 Å². The van der Waals surface area contributed by atoms with Gasteiger partial charge in [0.2, 0.25) is 5.91 Å². The number of nitrogens with zero attached hydrogens (tertiary/aromatic N) is 4. The number of amides is 1. The molecule has 1 unspecified atom stereocenters. The predicted molar refractivity (Wildman–Crippen MR) is 96.2 cm³/mol. The maximum absolute atomic E-state index is 13.7. The average molecular weight is 358 g/mol. The van der Waals surface area contributed by atoms with Crippen LogP contribution in [-0.4, -0.2) is 58.2 Å². The first-order valence-corrected chi connectivity index (χ1v) is 8.68. The monoisotopic (exact) mass is 358 g/mol. The number of hydrogen-bond acceptors (Lipinski definition) is 5. The fourth-order valence-electron chi connectivity index (χ4n) is 3.36. The van der Waals surface area contributed by atoms with Gasteiger partial charge in [-0.15, -0.1) is 0 Å². The number of carbonyl (C=O) groups is 1. The fourth-order valence-corrected chi connectivity index (χ4v) is 3.36. The second-order valence-corrected chi connectivity index (χ2v) is 6.83. The van der Waals surface area contributed by atoms with Crippen LogP contribution >= 0.6 is 0 Å². The summed E-state index contributed by atoms with van der Waals surface area (Å²) in [5.41, 5.74) is -0.670. The number of likely N-dealkylation sites (N-methyl/N-ethyl adjacent to an activating group) is 1. The number of anilines is 1. The Labute approximate surface area is 152 Å². The van der Waals surface area contributed by atoms with Crippen molar-refractivity contribution < 1.29 is 14.3 Å². The van der Waals surface area contributed by atoms with E-state index in [1.165, 1.54) is 11.0 Å². The molecule has 1 aromatic heterocycles. The largest absolute Gasteiger partial charge is 0.386 e. The summed E-state index contributed by atoms with van der Waals surface area (Å²) in [5, 5.41) is 11.0. The van der Waals surface area contributed by atoms with E-state index in [9.17, 15) is 14.3 Å². The number of rotatable bonds is 5. The molecular weight excluding hydrogens is 335 g/mol. The first kappa shape index (κ1) is 18.3. The van der Waals surface area contributed by atoms with E-state index in [4.69, 9.17) is 0 Å². The van der Waals surface area contributed by atoms with Gasteiger partial charge in [-0.1, -0.05) is 18.2 Å². The van der Waals surface area contributed by atoms with Gasteiger partial charge in [0.05, 0.1) is 24.8 Å². The van der Waals surface area contributed by atoms with Crippen LogP contribution < -0.4 is 4.90 Å². The average Bonchev–Trinajstić information content (AvgIpc) is 2.64. The highest BCUT2D eigenvalue weighted by Gasteiger charge is 2.36. The second-order valence-electron chi connectivity index (χ2n) is 6.83. The highest BCUT2D eigenvalue weighted by atomic mass is 19.1. The summed E-state index contributed by atoms with van der Waals surface area (Å²) in [5.74, 6) is 0.102. The van der Waals surface area contributed by atoms with Gasteiger partial charge in [-0.25, -0.2) is 9.37 Å². The number of β-amino-alcohol motifs (C(OH)–C–C–N with tert-alkyl or cyclic N) is 1. The molecule has 0 saturated carbocycles. The molecule has 2 heterocycles. The third-order valence-electron chi connectivity index (χ3n) is 4.69. The molecule has 1 saturated heterocycles. The third kappa shape index (κ3) is 4.35. The molecule has 3 rings (SSSR count). The minimum Gasteiger partial charge on any atom is -0.386 e. The van der Waals surface area contributed by atoms with E-state index in [-0.39, 0.29) is 24.7 Å². The normalized spacial score (nSPS) is 20.0. The van der Waals surface area contributed by atoms with Crippen LogP contribution in [0, 0.1) is 5.82 Å². The molecule has 1 fully saturated rings. The van der Waals surface area contributed by atoms with Crippen molar-refractivity contribution in [1.29, 1.82) is 0 Å². The maximum atomic E-state index is 13.7. The Hall–Kier alpha value is -2.54. The number of piperidine rings is 1. The van der Waals surface area contributed by atoms with Gasteiger partial charge in [-0.2, -0.15) is 0 Å². The molecule has 0 bridgehead atoms. The van der Waals surface area contributed by atoms with Gasteiger partial charge < -0.3 is 14.9 Å². The van der Waals surface area contributed by atoms with Crippen LogP contribution in [0.15, 0.2) is 42.9 Å². The van der Waals surface area contributed by atoms with E-state index in [0.717, 1.165) is 13.0 Å². The molecule has 1 atom stereocenters. The topological polar surface area (TPSA) is 69.6 Å². The maximum Gasteiger partial charge on any atom is 0.226 e. The Kier molecular flexibility index (Phi) is 5.46. The first-order valence-electron chi connectivity index (χ1n) is 8.68. The lowest BCUT2D eigenvalue weighted by Crippen LogP contribution is -2.55. The highest BCUT2D eigenvalue weighted by molar-refractivity contribution is 5.78. The number of aliphatic hydroxyl groups is 1. The smallest absolute Gasteiger partial charge is 0.226 e. The van der Waals surface area contributed by atoms with Gasteiger partial charge in [-0.3, -0.25) is 9.78 Å². The van der Waals surface area contributed by atoms with Crippen LogP contribution in [-0.2, 0) is 11.2 Å². The second kappa shape index (κ2) is 7.78. The van der Waals surface area contributed by atoms with Crippen molar-refractivity contribution in [2.24, 2.45) is 0 Å². The lowest BCUT2D eigenvalue weighted by atomic mass is 9.92. The fraction of sp³-hybridized carbons (Fsp3) is 0.421. The van der Waals surface area contributed by atoms with E-state index in [0.29, 0.717) is 24.3 Å². The van der Waals surface area contributed by atoms with E-state index in [2.05, 4.69) is 9.97 Å². The third-order valence-corrected chi connectivity index (χ3v) is 4.69. The van der Waals surface area contributed by atoms with Gasteiger partial charge in [0.1, 0.15) is 11.6 Å². The molecule has 1 N–H and O–H groups in total. The minimum atomic E-state index is -1.03. The molecule has 0 radical (unpaired) electrons. The molecule has 26 heavy (non-hydrogen) atoms. The molecule has 0 spiro atoms. The molecule has 6 nitrogen and oxygen atoms in total. The zero-order valence-electron chi connectivity index (χ0n) is 14.8. The molecule has 1 aromatic carbocycles. The van der Waals surface area contributed by atoms with Crippen LogP contribution in [0.25, 0.3) is 0 Å². The number of benzene rings is 1. The van der Waals surface area contributed by atoms with Crippen molar-refractivity contribution in [2.45, 2.75) is 24.9 Å². The highest BCUT2D eigenvalue weighted by Crippen LogP contribution is 2.25. The van der Waals surface area contributed by atoms with Crippen molar-refractivity contribution in [1.82, 2.24) is 14.9 Å². The van der Waals surface area contributed by atoms with Gasteiger partial charge in [0.15, 0.2) is 0 Å². The molecule has 1 aliphatic rings. The van der Waals surface area contributed by atoms with Gasteiger partial charge in [-0.05, 0) is 24.5 Å². The first-order chi connectivity index (χ1) is 12.5. The molecule has 0 aliphatic carbocycles. The summed E-state index contributed by atoms with van der Waals surface area (Å²) >= 11 is 0. The summed E-state index contributed by atoms with van der Waals surface area (Å²) < 4.78 is 13.7. The number of aromatic nitrogens is 2. The lowest BCUT2D eigenvalue weighted by Gasteiger charge is -2.41. The van der Waals surface area contributed by atoms with Gasteiger partial charge in [0, 0.05) is 32.5 Å². The van der Waals surface area contributed by atoms with Crippen LogP contribution in [0.4, 0.5) is 10.2 Å². The molecular formula is C19H23FN4O2. The zero-order chi connectivity index (χ0) is 18.6. The van der Waals surface area contributed by atoms with E-state index in [1.807, 2.05) is 4.90 Å². The number of halogens is 1. The number of carbonyl (C=O) groups excluding carboxylic acids is 1. The Morgan fingerprint density at radius 2 is 2.19 bits per heavy atom. The van der Waals surface area contributed by atoms with E-state index in [1.54, 1.807) is 43.8 Å². The SMILES string of the molecule is CN(CC1(O)CCCN(c2cnccn2)C1)C(=O)Cc1ccccc1F. The molecule has 1 amide bonds. The van der Waals surface area contributed by atoms with Crippen LogP contribution in [0.2, 0.25) is 0 Å². The number of hydrogen-bond donors (Lipinski definition) is 1. The minimum absolute atomic E-state index is 0.0207. The molecule has 7 heteroatoms. The predicted octanol–water partition coefficient (Wildman–Crippen LogP) is 1.65. The van der Waals surface area contributed by atoms with E-state index >= 15 is 0 Å². The summed E-state index contributed by atoms with van der Waals surface area (Å²) in [6, 6.07) is 6.25. The van der Waals surface area contributed by atoms with E-state index < -0.39 is 5.60 Å². The Balaban J connectivity index is 1.63. The summed E-state index contributed by atoms with van der Waals surface area (Å²) in [6.07, 6.45) is 6.26. The Morgan fingerprint density at radius 1 is 1.38 bits per heavy atom. The van der Waals surface area contributed by atoms with Crippen LogP contribution in [0.1, 0.15) is 18.4 Å². The van der Waals surface area contributed by atoms with Crippen molar-refractivity contribution >= 4 is 11.7 Å².